The summed E-state index contributed by atoms with van der Waals surface area (Å²) in [6.45, 7) is 7.09. The molecule has 0 spiro atoms. The van der Waals surface area contributed by atoms with Crippen LogP contribution in [-0.4, -0.2) is 50.2 Å². The van der Waals surface area contributed by atoms with E-state index in [0.717, 1.165) is 12.0 Å². The quantitative estimate of drug-likeness (QED) is 0.350. The van der Waals surface area contributed by atoms with E-state index in [1.165, 1.54) is 0 Å². The number of fused-ring (bicyclic) bond motifs is 1. The number of rotatable bonds is 6. The molecule has 1 fully saturated rings. The average molecular weight is 512 g/mol. The second-order valence-electron chi connectivity index (χ2n) is 9.51. The summed E-state index contributed by atoms with van der Waals surface area (Å²) in [5, 5.41) is 4.78. The first kappa shape index (κ1) is 24.3. The molecule has 190 valence electrons. The van der Waals surface area contributed by atoms with Crippen LogP contribution in [0.4, 0.5) is 0 Å². The van der Waals surface area contributed by atoms with Gasteiger partial charge in [-0.3, -0.25) is 0 Å². The van der Waals surface area contributed by atoms with E-state index in [-0.39, 0.29) is 10.8 Å². The predicted molar refractivity (Wildman–Crippen MR) is 134 cm³/mol. The molecule has 2 aromatic heterocycles. The number of aromatic nitrogens is 2. The van der Waals surface area contributed by atoms with Gasteiger partial charge >= 0.3 is 0 Å². The van der Waals surface area contributed by atoms with E-state index < -0.39 is 10.0 Å². The molecule has 2 aromatic carbocycles. The lowest BCUT2D eigenvalue weighted by Gasteiger charge is -2.34. The smallest absolute Gasteiger partial charge is 0.294 e. The molecule has 9 nitrogen and oxygen atoms in total. The van der Waals surface area contributed by atoms with Gasteiger partial charge in [0.2, 0.25) is 15.8 Å². The second kappa shape index (κ2) is 9.25. The Kier molecular flexibility index (Phi) is 6.25. The summed E-state index contributed by atoms with van der Waals surface area (Å²) in [5.74, 6) is 2.79. The monoisotopic (exact) mass is 511 g/mol. The van der Waals surface area contributed by atoms with Crippen molar-refractivity contribution >= 4 is 21.0 Å². The van der Waals surface area contributed by atoms with Gasteiger partial charge in [0.1, 0.15) is 17.1 Å². The molecule has 3 heterocycles. The highest BCUT2D eigenvalue weighted by Gasteiger charge is 2.32. The zero-order valence-electron chi connectivity index (χ0n) is 20.9. The summed E-state index contributed by atoms with van der Waals surface area (Å²) >= 11 is 0. The molecular weight excluding hydrogens is 482 g/mol. The fourth-order valence-corrected chi connectivity index (χ4v) is 6.59. The van der Waals surface area contributed by atoms with Gasteiger partial charge in [-0.1, -0.05) is 19.0 Å². The van der Waals surface area contributed by atoms with Crippen molar-refractivity contribution in [2.24, 2.45) is 11.8 Å². The number of sulfonamides is 1. The van der Waals surface area contributed by atoms with Crippen molar-refractivity contribution in [1.82, 2.24) is 14.4 Å². The van der Waals surface area contributed by atoms with E-state index in [1.54, 1.807) is 54.9 Å². The van der Waals surface area contributed by atoms with Gasteiger partial charge in [-0.15, -0.1) is 0 Å². The Morgan fingerprint density at radius 1 is 1.00 bits per heavy atom. The summed E-state index contributed by atoms with van der Waals surface area (Å²) in [6.07, 6.45) is 1.03. The molecule has 0 radical (unpaired) electrons. The normalized spacial score (nSPS) is 19.0. The Morgan fingerprint density at radius 2 is 1.67 bits per heavy atom. The number of ether oxygens (including phenoxy) is 2. The van der Waals surface area contributed by atoms with Crippen molar-refractivity contribution in [1.29, 1.82) is 0 Å². The molecule has 10 heteroatoms. The van der Waals surface area contributed by atoms with Crippen LogP contribution in [-0.2, 0) is 10.0 Å². The number of hydrogen-bond acceptors (Lipinski definition) is 8. The average Bonchev–Trinajstić information content (AvgIpc) is 3.47. The minimum absolute atomic E-state index is 0.198. The van der Waals surface area contributed by atoms with Gasteiger partial charge in [0.15, 0.2) is 5.76 Å². The van der Waals surface area contributed by atoms with Crippen LogP contribution < -0.4 is 9.47 Å². The number of nitrogens with zero attached hydrogens (tertiary/aromatic N) is 3. The maximum atomic E-state index is 13.4. The first-order valence-corrected chi connectivity index (χ1v) is 13.2. The highest BCUT2D eigenvalue weighted by Crippen LogP contribution is 2.36. The lowest BCUT2D eigenvalue weighted by molar-refractivity contribution is 0.222. The third-order valence-corrected chi connectivity index (χ3v) is 8.44. The number of piperidine rings is 1. The number of hydrogen-bond donors (Lipinski definition) is 0. The van der Waals surface area contributed by atoms with Crippen LogP contribution in [0.15, 0.2) is 50.2 Å². The molecule has 0 unspecified atom stereocenters. The van der Waals surface area contributed by atoms with Crippen molar-refractivity contribution in [3.8, 4) is 34.5 Å². The molecule has 4 aromatic rings. The minimum atomic E-state index is -3.62. The van der Waals surface area contributed by atoms with Gasteiger partial charge in [-0.2, -0.15) is 9.29 Å². The second-order valence-corrected chi connectivity index (χ2v) is 11.4. The first-order valence-electron chi connectivity index (χ1n) is 11.8. The molecule has 0 amide bonds. The van der Waals surface area contributed by atoms with E-state index in [4.69, 9.17) is 18.4 Å². The van der Waals surface area contributed by atoms with Crippen LogP contribution in [0.1, 0.15) is 25.8 Å². The van der Waals surface area contributed by atoms with Crippen molar-refractivity contribution in [3.05, 3.63) is 42.0 Å². The van der Waals surface area contributed by atoms with Crippen LogP contribution in [0.2, 0.25) is 0 Å². The molecule has 1 aliphatic heterocycles. The summed E-state index contributed by atoms with van der Waals surface area (Å²) < 4.78 is 50.6. The molecular formula is C26H29N3O6S. The molecule has 0 aliphatic carbocycles. The zero-order chi connectivity index (χ0) is 25.6. The molecule has 1 saturated heterocycles. The zero-order valence-corrected chi connectivity index (χ0v) is 21.8. The Labute approximate surface area is 210 Å². The van der Waals surface area contributed by atoms with Gasteiger partial charge < -0.3 is 18.4 Å². The topological polar surface area (TPSA) is 108 Å². The number of furan rings is 1. The first-order chi connectivity index (χ1) is 17.2. The summed E-state index contributed by atoms with van der Waals surface area (Å²) in [7, 11) is -0.483. The Morgan fingerprint density at radius 3 is 2.31 bits per heavy atom. The lowest BCUT2D eigenvalue weighted by Crippen LogP contribution is -2.42. The fraction of sp³-hybridized carbons (Fsp3) is 0.385. The van der Waals surface area contributed by atoms with Gasteiger partial charge in [-0.05, 0) is 55.5 Å². The molecule has 1 aliphatic rings. The molecule has 36 heavy (non-hydrogen) atoms. The van der Waals surface area contributed by atoms with Gasteiger partial charge in [-0.25, -0.2) is 8.42 Å². The van der Waals surface area contributed by atoms with E-state index in [1.807, 2.05) is 6.92 Å². The number of benzene rings is 2. The lowest BCUT2D eigenvalue weighted by atomic mass is 9.94. The van der Waals surface area contributed by atoms with Crippen molar-refractivity contribution in [2.75, 3.05) is 27.3 Å². The maximum Gasteiger partial charge on any atom is 0.294 e. The van der Waals surface area contributed by atoms with E-state index in [0.29, 0.717) is 64.5 Å². The van der Waals surface area contributed by atoms with Gasteiger partial charge in [0.25, 0.3) is 5.89 Å². The van der Waals surface area contributed by atoms with Crippen molar-refractivity contribution in [3.63, 3.8) is 0 Å². The summed E-state index contributed by atoms with van der Waals surface area (Å²) in [5.41, 5.74) is 1.93. The minimum Gasteiger partial charge on any atom is -0.497 e. The molecule has 5 rings (SSSR count). The third-order valence-electron chi connectivity index (χ3n) is 6.61. The van der Waals surface area contributed by atoms with Crippen LogP contribution in [0.3, 0.4) is 0 Å². The maximum absolute atomic E-state index is 13.4. The number of methoxy groups -OCH3 is 2. The SMILES string of the molecule is COc1cc(OC)cc(-c2noc(-c3oc4ccc(S(=O)(=O)N5C[C@@H](C)C[C@H](C)C5)cc4c3C)n2)c1. The van der Waals surface area contributed by atoms with Crippen LogP contribution in [0, 0.1) is 18.8 Å². The van der Waals surface area contributed by atoms with E-state index in [9.17, 15) is 8.42 Å². The summed E-state index contributed by atoms with van der Waals surface area (Å²) in [6, 6.07) is 10.3. The molecule has 0 N–H and O–H groups in total. The fourth-order valence-electron chi connectivity index (χ4n) is 4.89. The Bertz CT molecular complexity index is 1490. The summed E-state index contributed by atoms with van der Waals surface area (Å²) in [4.78, 5) is 4.76. The highest BCUT2D eigenvalue weighted by molar-refractivity contribution is 7.89. The van der Waals surface area contributed by atoms with Crippen molar-refractivity contribution in [2.45, 2.75) is 32.1 Å². The van der Waals surface area contributed by atoms with Gasteiger partial charge in [0.05, 0.1) is 19.1 Å². The molecule has 0 bridgehead atoms. The van der Waals surface area contributed by atoms with Crippen LogP contribution in [0.5, 0.6) is 11.5 Å². The molecule has 0 saturated carbocycles. The predicted octanol–water partition coefficient (Wildman–Crippen LogP) is 5.14. The largest absolute Gasteiger partial charge is 0.497 e. The van der Waals surface area contributed by atoms with Crippen LogP contribution >= 0.6 is 0 Å². The molecule has 2 atom stereocenters. The third kappa shape index (κ3) is 4.35. The van der Waals surface area contributed by atoms with Gasteiger partial charge in [0, 0.05) is 35.7 Å². The van der Waals surface area contributed by atoms with Crippen molar-refractivity contribution < 1.29 is 26.8 Å². The Balaban J connectivity index is 1.50. The highest BCUT2D eigenvalue weighted by atomic mass is 32.2. The van der Waals surface area contributed by atoms with E-state index >= 15 is 0 Å². The van der Waals surface area contributed by atoms with Crippen LogP contribution in [0.25, 0.3) is 34.0 Å². The Hall–Kier alpha value is -3.37. The number of aryl methyl sites for hydroxylation is 1. The standard InChI is InChI=1S/C26H29N3O6S/c1-15-8-16(2)14-29(13-15)36(30,31)21-6-7-23-22(12-21)17(3)24(34-23)26-27-25(28-35-26)18-9-19(32-4)11-20(10-18)33-5/h6-7,9-12,15-16H,8,13-14H2,1-5H3/t15-,16-/m0/s1. The van der Waals surface area contributed by atoms with E-state index in [2.05, 4.69) is 24.0 Å².